The molecule has 1 aliphatic rings. The molecule has 0 radical (unpaired) electrons. The van der Waals surface area contributed by atoms with Crippen molar-refractivity contribution >= 4 is 29.9 Å². The van der Waals surface area contributed by atoms with Crippen LogP contribution in [0.3, 0.4) is 0 Å². The van der Waals surface area contributed by atoms with Crippen molar-refractivity contribution in [1.29, 1.82) is 5.26 Å². The molecule has 0 bridgehead atoms. The van der Waals surface area contributed by atoms with E-state index in [1.165, 1.54) is 0 Å². The molecule has 1 saturated heterocycles. The fourth-order valence-electron chi connectivity index (χ4n) is 3.61. The van der Waals surface area contributed by atoms with Gasteiger partial charge in [0.25, 0.3) is 0 Å². The van der Waals surface area contributed by atoms with Crippen molar-refractivity contribution in [2.45, 2.75) is 25.4 Å². The van der Waals surface area contributed by atoms with Crippen molar-refractivity contribution in [3.8, 4) is 6.07 Å². The third-order valence-corrected chi connectivity index (χ3v) is 5.18. The molecule has 0 saturated carbocycles. The summed E-state index contributed by atoms with van der Waals surface area (Å²) in [5.74, 6) is -0.287. The summed E-state index contributed by atoms with van der Waals surface area (Å²) >= 11 is 0. The maximum Gasteiger partial charge on any atom is 0.249 e. The molecule has 0 aliphatic carbocycles. The van der Waals surface area contributed by atoms with E-state index in [1.54, 1.807) is 29.6 Å². The number of halogens is 1. The van der Waals surface area contributed by atoms with Gasteiger partial charge in [0.2, 0.25) is 11.8 Å². The van der Waals surface area contributed by atoms with Crippen molar-refractivity contribution in [2.24, 2.45) is 0 Å². The highest BCUT2D eigenvalue weighted by Gasteiger charge is 2.33. The van der Waals surface area contributed by atoms with E-state index in [-0.39, 0.29) is 30.6 Å². The number of carbonyl (C=O) groups excluding carboxylic acids is 2. The molecule has 8 heteroatoms. The first-order chi connectivity index (χ1) is 14.6. The first kappa shape index (κ1) is 22.1. The highest BCUT2D eigenvalue weighted by atomic mass is 35.5. The van der Waals surface area contributed by atoms with Gasteiger partial charge in [-0.05, 0) is 36.2 Å². The minimum atomic E-state index is -0.507. The van der Waals surface area contributed by atoms with Crippen molar-refractivity contribution in [2.75, 3.05) is 11.4 Å². The number of amides is 2. The fourth-order valence-corrected chi connectivity index (χ4v) is 3.61. The van der Waals surface area contributed by atoms with Gasteiger partial charge in [0, 0.05) is 30.7 Å². The molecular weight excluding hydrogens is 414 g/mol. The van der Waals surface area contributed by atoms with E-state index in [9.17, 15) is 9.59 Å². The van der Waals surface area contributed by atoms with E-state index < -0.39 is 6.04 Å². The molecule has 31 heavy (non-hydrogen) atoms. The highest BCUT2D eigenvalue weighted by molar-refractivity contribution is 6.01. The lowest BCUT2D eigenvalue weighted by Crippen LogP contribution is -2.42. The van der Waals surface area contributed by atoms with Gasteiger partial charge in [-0.25, -0.2) is 4.98 Å². The second-order valence-corrected chi connectivity index (χ2v) is 7.23. The number of nitriles is 1. The summed E-state index contributed by atoms with van der Waals surface area (Å²) in [5.41, 5.74) is 3.23. The Balaban J connectivity index is 0.00000272. The van der Waals surface area contributed by atoms with Crippen LogP contribution in [0.25, 0.3) is 0 Å². The molecule has 2 heterocycles. The topological polar surface area (TPSA) is 91.0 Å². The smallest absolute Gasteiger partial charge is 0.249 e. The highest BCUT2D eigenvalue weighted by Crippen LogP contribution is 2.21. The van der Waals surface area contributed by atoms with Crippen LogP contribution in [-0.4, -0.2) is 34.0 Å². The van der Waals surface area contributed by atoms with Crippen LogP contribution in [0.5, 0.6) is 0 Å². The molecule has 2 aromatic carbocycles. The number of benzene rings is 2. The van der Waals surface area contributed by atoms with Crippen LogP contribution in [0.4, 0.5) is 5.69 Å². The Morgan fingerprint density at radius 3 is 2.61 bits per heavy atom. The quantitative estimate of drug-likeness (QED) is 0.644. The molecular formula is C23H22ClN5O2. The average molecular weight is 436 g/mol. The summed E-state index contributed by atoms with van der Waals surface area (Å²) in [6.45, 7) is 1.14. The van der Waals surface area contributed by atoms with Crippen molar-refractivity contribution in [1.82, 2.24) is 14.9 Å². The van der Waals surface area contributed by atoms with Crippen LogP contribution >= 0.6 is 12.4 Å². The van der Waals surface area contributed by atoms with Gasteiger partial charge in [-0.3, -0.25) is 9.59 Å². The average Bonchev–Trinajstić information content (AvgIpc) is 3.35. The predicted molar refractivity (Wildman–Crippen MR) is 119 cm³/mol. The van der Waals surface area contributed by atoms with Gasteiger partial charge in [0.15, 0.2) is 0 Å². The summed E-state index contributed by atoms with van der Waals surface area (Å²) < 4.78 is 1.90. The summed E-state index contributed by atoms with van der Waals surface area (Å²) in [6.07, 6.45) is 4.07. The van der Waals surface area contributed by atoms with Crippen molar-refractivity contribution in [3.05, 3.63) is 83.9 Å². The lowest BCUT2D eigenvalue weighted by molar-refractivity contribution is -0.126. The van der Waals surface area contributed by atoms with Gasteiger partial charge < -0.3 is 14.8 Å². The number of imidazole rings is 1. The zero-order valence-electron chi connectivity index (χ0n) is 16.8. The molecule has 0 spiro atoms. The van der Waals surface area contributed by atoms with E-state index in [0.717, 1.165) is 16.9 Å². The summed E-state index contributed by atoms with van der Waals surface area (Å²) in [7, 11) is 0. The zero-order valence-corrected chi connectivity index (χ0v) is 17.6. The third kappa shape index (κ3) is 5.11. The molecule has 1 N–H and O–H groups in total. The maximum absolute atomic E-state index is 12.7. The Hall–Kier alpha value is -3.63. The Morgan fingerprint density at radius 2 is 1.90 bits per heavy atom. The molecule has 7 nitrogen and oxygen atoms in total. The van der Waals surface area contributed by atoms with Crippen LogP contribution in [0.15, 0.2) is 67.1 Å². The van der Waals surface area contributed by atoms with E-state index in [2.05, 4.69) is 16.4 Å². The van der Waals surface area contributed by atoms with Crippen LogP contribution in [-0.2, 0) is 22.6 Å². The van der Waals surface area contributed by atoms with Crippen LogP contribution in [0.1, 0.15) is 23.2 Å². The second kappa shape index (κ2) is 9.92. The molecule has 1 aliphatic heterocycles. The molecule has 1 atom stereocenters. The summed E-state index contributed by atoms with van der Waals surface area (Å²) in [6, 6.07) is 18.4. The number of rotatable bonds is 6. The first-order valence-corrected chi connectivity index (χ1v) is 9.78. The minimum Gasteiger partial charge on any atom is -0.344 e. The van der Waals surface area contributed by atoms with Gasteiger partial charge in [-0.2, -0.15) is 5.26 Å². The number of para-hydroxylation sites is 1. The summed E-state index contributed by atoms with van der Waals surface area (Å²) in [4.78, 5) is 31.1. The number of nitrogens with zero attached hydrogens (tertiary/aromatic N) is 4. The van der Waals surface area contributed by atoms with Gasteiger partial charge in [-0.15, -0.1) is 12.4 Å². The van der Waals surface area contributed by atoms with Crippen molar-refractivity contribution in [3.63, 3.8) is 0 Å². The van der Waals surface area contributed by atoms with E-state index in [1.807, 2.05) is 47.0 Å². The van der Waals surface area contributed by atoms with Gasteiger partial charge in [0.05, 0.1) is 24.4 Å². The fraction of sp³-hybridized carbons (Fsp3) is 0.217. The maximum atomic E-state index is 12.7. The normalized spacial score (nSPS) is 15.3. The van der Waals surface area contributed by atoms with Crippen LogP contribution in [0, 0.1) is 11.3 Å². The Bertz CT molecular complexity index is 1090. The number of carbonyl (C=O) groups is 2. The standard InChI is InChI=1S/C23H21N5O2.ClH/c24-13-17-6-8-18(9-7-17)15-27-16-25-14-20(27)12-22(29)26-21-10-11-28(23(21)30)19-4-2-1-3-5-19;/h1-9,14,16,21H,10-12,15H2,(H,26,29);1H. The molecule has 1 fully saturated rings. The molecule has 2 amide bonds. The number of anilines is 1. The second-order valence-electron chi connectivity index (χ2n) is 7.23. The minimum absolute atomic E-state index is 0. The van der Waals surface area contributed by atoms with Crippen molar-refractivity contribution < 1.29 is 9.59 Å². The van der Waals surface area contributed by atoms with Gasteiger partial charge >= 0.3 is 0 Å². The third-order valence-electron chi connectivity index (χ3n) is 5.18. The molecule has 3 aromatic rings. The Labute approximate surface area is 186 Å². The predicted octanol–water partition coefficient (Wildman–Crippen LogP) is 2.69. The molecule has 158 valence electrons. The number of aromatic nitrogens is 2. The lowest BCUT2D eigenvalue weighted by atomic mass is 10.1. The molecule has 1 unspecified atom stereocenters. The van der Waals surface area contributed by atoms with E-state index in [4.69, 9.17) is 5.26 Å². The van der Waals surface area contributed by atoms with E-state index >= 15 is 0 Å². The van der Waals surface area contributed by atoms with Crippen LogP contribution in [0.2, 0.25) is 0 Å². The molecule has 4 rings (SSSR count). The number of nitrogens with one attached hydrogen (secondary N) is 1. The van der Waals surface area contributed by atoms with Gasteiger partial charge in [-0.1, -0.05) is 30.3 Å². The molecule has 1 aromatic heterocycles. The lowest BCUT2D eigenvalue weighted by Gasteiger charge is -2.17. The number of hydrogen-bond acceptors (Lipinski definition) is 4. The zero-order chi connectivity index (χ0) is 20.9. The first-order valence-electron chi connectivity index (χ1n) is 9.78. The van der Waals surface area contributed by atoms with E-state index in [0.29, 0.717) is 25.1 Å². The Kier molecular flexibility index (Phi) is 7.06. The summed E-state index contributed by atoms with van der Waals surface area (Å²) in [5, 5.41) is 11.8. The van der Waals surface area contributed by atoms with Crippen LogP contribution < -0.4 is 10.2 Å². The van der Waals surface area contributed by atoms with Gasteiger partial charge in [0.1, 0.15) is 6.04 Å². The Morgan fingerprint density at radius 1 is 1.16 bits per heavy atom. The largest absolute Gasteiger partial charge is 0.344 e. The monoisotopic (exact) mass is 435 g/mol. The number of hydrogen-bond donors (Lipinski definition) is 1. The SMILES string of the molecule is Cl.N#Cc1ccc(Cn2cncc2CC(=O)NC2CCN(c3ccccc3)C2=O)cc1.